The molecule has 2 rings (SSSR count). The van der Waals surface area contributed by atoms with Gasteiger partial charge in [0.05, 0.1) is 9.88 Å². The summed E-state index contributed by atoms with van der Waals surface area (Å²) in [7, 11) is -3.75. The van der Waals surface area contributed by atoms with Crippen molar-refractivity contribution in [3.05, 3.63) is 16.0 Å². The highest BCUT2D eigenvalue weighted by atomic mass is 35.5. The Hall–Kier alpha value is -0.830. The molecule has 112 valence electrons. The smallest absolute Gasteiger partial charge is 0.251 e. The lowest BCUT2D eigenvalue weighted by atomic mass is 9.98. The lowest BCUT2D eigenvalue weighted by Crippen LogP contribution is -2.55. The molecule has 0 aromatic carbocycles. The van der Waals surface area contributed by atoms with E-state index in [0.29, 0.717) is 22.7 Å². The first-order valence-corrected chi connectivity index (χ1v) is 8.76. The van der Waals surface area contributed by atoms with Gasteiger partial charge in [-0.05, 0) is 31.4 Å². The molecule has 0 bridgehead atoms. The van der Waals surface area contributed by atoms with Crippen LogP contribution in [-0.4, -0.2) is 25.0 Å². The molecule has 6 nitrogen and oxygen atoms in total. The minimum atomic E-state index is -3.75. The lowest BCUT2D eigenvalue weighted by Gasteiger charge is -2.27. The molecular weight excluding hydrogens is 322 g/mol. The lowest BCUT2D eigenvalue weighted by molar-refractivity contribution is 0.310. The molecule has 1 aliphatic rings. The molecule has 9 heteroatoms. The molecule has 20 heavy (non-hydrogen) atoms. The number of rotatable bonds is 4. The van der Waals surface area contributed by atoms with Gasteiger partial charge in [0.1, 0.15) is 4.21 Å². The summed E-state index contributed by atoms with van der Waals surface area (Å²) in [6.07, 6.45) is 2.67. The van der Waals surface area contributed by atoms with Crippen molar-refractivity contribution in [2.24, 2.45) is 10.9 Å². The maximum Gasteiger partial charge on any atom is 0.251 e. The molecule has 0 aliphatic heterocycles. The molecule has 0 spiro atoms. The zero-order chi connectivity index (χ0) is 15.0. The van der Waals surface area contributed by atoms with Crippen LogP contribution in [0.5, 0.6) is 0 Å². The standard InChI is InChI=1S/C11H16ClN3O3S2/c1-7-6-8(19-9(7)12)20(17,18)15-11(10(13)14-16)4-2-3-5-11/h6,15-16H,2-5H2,1H3,(H2,13,14). The van der Waals surface area contributed by atoms with E-state index in [4.69, 9.17) is 22.5 Å². The molecule has 1 aliphatic carbocycles. The summed E-state index contributed by atoms with van der Waals surface area (Å²) in [4.78, 5) is 0. The second kappa shape index (κ2) is 5.51. The number of nitrogens with zero attached hydrogens (tertiary/aromatic N) is 1. The van der Waals surface area contributed by atoms with Crippen LogP contribution in [0.1, 0.15) is 31.2 Å². The molecule has 1 aromatic rings. The predicted molar refractivity (Wildman–Crippen MR) is 79.0 cm³/mol. The van der Waals surface area contributed by atoms with Crippen molar-refractivity contribution in [2.75, 3.05) is 0 Å². The fraction of sp³-hybridized carbons (Fsp3) is 0.545. The largest absolute Gasteiger partial charge is 0.409 e. The number of hydrogen-bond acceptors (Lipinski definition) is 5. The highest BCUT2D eigenvalue weighted by Crippen LogP contribution is 2.34. The Bertz CT molecular complexity index is 614. The number of sulfonamides is 1. The SMILES string of the molecule is Cc1cc(S(=O)(=O)NC2(/C(N)=N/O)CCCC2)sc1Cl. The fourth-order valence-corrected chi connectivity index (χ4v) is 5.50. The summed E-state index contributed by atoms with van der Waals surface area (Å²) in [5, 5.41) is 11.9. The summed E-state index contributed by atoms with van der Waals surface area (Å²) in [5.41, 5.74) is 5.39. The zero-order valence-corrected chi connectivity index (χ0v) is 13.3. The molecular formula is C11H16ClN3O3S2. The number of oxime groups is 1. The summed E-state index contributed by atoms with van der Waals surface area (Å²) < 4.78 is 28.0. The topological polar surface area (TPSA) is 105 Å². The average Bonchev–Trinajstić information content (AvgIpc) is 2.97. The first kappa shape index (κ1) is 15.6. The Morgan fingerprint density at radius 3 is 2.60 bits per heavy atom. The second-order valence-electron chi connectivity index (χ2n) is 4.90. The molecule has 0 unspecified atom stereocenters. The van der Waals surface area contributed by atoms with Gasteiger partial charge in [-0.25, -0.2) is 8.42 Å². The monoisotopic (exact) mass is 337 g/mol. The van der Waals surface area contributed by atoms with Crippen LogP contribution in [0.3, 0.4) is 0 Å². The van der Waals surface area contributed by atoms with Crippen LogP contribution in [0.15, 0.2) is 15.4 Å². The van der Waals surface area contributed by atoms with Crippen LogP contribution in [0, 0.1) is 6.92 Å². The third kappa shape index (κ3) is 2.78. The van der Waals surface area contributed by atoms with Gasteiger partial charge in [0.15, 0.2) is 5.84 Å². The van der Waals surface area contributed by atoms with E-state index < -0.39 is 15.6 Å². The Labute approximate surface area is 126 Å². The van der Waals surface area contributed by atoms with Gasteiger partial charge in [-0.3, -0.25) is 0 Å². The zero-order valence-electron chi connectivity index (χ0n) is 10.9. The first-order valence-electron chi connectivity index (χ1n) is 6.09. The summed E-state index contributed by atoms with van der Waals surface area (Å²) in [6.45, 7) is 1.74. The van der Waals surface area contributed by atoms with Crippen LogP contribution in [0.25, 0.3) is 0 Å². The minimum absolute atomic E-state index is 0.0991. The van der Waals surface area contributed by atoms with Gasteiger partial charge < -0.3 is 10.9 Å². The van der Waals surface area contributed by atoms with Crippen molar-refractivity contribution in [1.29, 1.82) is 0 Å². The maximum atomic E-state index is 12.4. The third-order valence-corrected chi connectivity index (χ3v) is 7.05. The predicted octanol–water partition coefficient (Wildman–Crippen LogP) is 2.05. The van der Waals surface area contributed by atoms with Crippen LogP contribution in [-0.2, 0) is 10.0 Å². The molecule has 1 heterocycles. The number of nitrogens with two attached hydrogens (primary N) is 1. The molecule has 0 radical (unpaired) electrons. The van der Waals surface area contributed by atoms with E-state index in [0.717, 1.165) is 24.2 Å². The third-order valence-electron chi connectivity index (χ3n) is 3.48. The van der Waals surface area contributed by atoms with Crippen molar-refractivity contribution in [1.82, 2.24) is 4.72 Å². The first-order chi connectivity index (χ1) is 9.31. The van der Waals surface area contributed by atoms with Crippen LogP contribution >= 0.6 is 22.9 Å². The highest BCUT2D eigenvalue weighted by molar-refractivity contribution is 7.91. The van der Waals surface area contributed by atoms with Crippen molar-refractivity contribution in [2.45, 2.75) is 42.4 Å². The van der Waals surface area contributed by atoms with Gasteiger partial charge in [-0.1, -0.05) is 29.6 Å². The van der Waals surface area contributed by atoms with Gasteiger partial charge >= 0.3 is 0 Å². The van der Waals surface area contributed by atoms with E-state index in [1.54, 1.807) is 6.92 Å². The van der Waals surface area contributed by atoms with Crippen molar-refractivity contribution < 1.29 is 13.6 Å². The minimum Gasteiger partial charge on any atom is -0.409 e. The van der Waals surface area contributed by atoms with Gasteiger partial charge in [0.25, 0.3) is 10.0 Å². The van der Waals surface area contributed by atoms with E-state index >= 15 is 0 Å². The molecule has 0 saturated heterocycles. The Balaban J connectivity index is 2.35. The number of thiophene rings is 1. The van der Waals surface area contributed by atoms with E-state index in [-0.39, 0.29) is 10.0 Å². The van der Waals surface area contributed by atoms with Crippen molar-refractivity contribution >= 4 is 38.8 Å². The Kier molecular flexibility index (Phi) is 4.29. The van der Waals surface area contributed by atoms with E-state index in [2.05, 4.69) is 9.88 Å². The quantitative estimate of drug-likeness (QED) is 0.338. The number of amidine groups is 1. The molecule has 0 atom stereocenters. The summed E-state index contributed by atoms with van der Waals surface area (Å²) >= 11 is 6.91. The number of nitrogens with one attached hydrogen (secondary N) is 1. The van der Waals surface area contributed by atoms with E-state index in [9.17, 15) is 8.42 Å². The van der Waals surface area contributed by atoms with Gasteiger partial charge in [0.2, 0.25) is 0 Å². The van der Waals surface area contributed by atoms with E-state index in [1.165, 1.54) is 6.07 Å². The van der Waals surface area contributed by atoms with Gasteiger partial charge in [-0.2, -0.15) is 4.72 Å². The maximum absolute atomic E-state index is 12.4. The normalized spacial score (nSPS) is 19.4. The second-order valence-corrected chi connectivity index (χ2v) is 8.47. The van der Waals surface area contributed by atoms with Crippen LogP contribution < -0.4 is 10.5 Å². The Morgan fingerprint density at radius 2 is 2.15 bits per heavy atom. The van der Waals surface area contributed by atoms with Gasteiger partial charge in [-0.15, -0.1) is 11.3 Å². The number of halogens is 1. The molecule has 1 saturated carbocycles. The number of hydrogen-bond donors (Lipinski definition) is 3. The van der Waals surface area contributed by atoms with Crippen LogP contribution in [0.4, 0.5) is 0 Å². The average molecular weight is 338 g/mol. The Morgan fingerprint density at radius 1 is 1.55 bits per heavy atom. The fourth-order valence-electron chi connectivity index (χ4n) is 2.36. The molecule has 4 N–H and O–H groups in total. The van der Waals surface area contributed by atoms with Crippen molar-refractivity contribution in [3.8, 4) is 0 Å². The number of aryl methyl sites for hydroxylation is 1. The van der Waals surface area contributed by atoms with Gasteiger partial charge in [0, 0.05) is 0 Å². The molecule has 1 aromatic heterocycles. The summed E-state index contributed by atoms with van der Waals surface area (Å²) in [5.74, 6) is -0.0991. The highest BCUT2D eigenvalue weighted by Gasteiger charge is 2.42. The van der Waals surface area contributed by atoms with Crippen LogP contribution in [0.2, 0.25) is 4.34 Å². The van der Waals surface area contributed by atoms with E-state index in [1.807, 2.05) is 0 Å². The van der Waals surface area contributed by atoms with Crippen molar-refractivity contribution in [3.63, 3.8) is 0 Å². The molecule has 0 amide bonds. The summed E-state index contributed by atoms with van der Waals surface area (Å²) in [6, 6.07) is 1.52. The molecule has 1 fully saturated rings.